The van der Waals surface area contributed by atoms with Gasteiger partial charge >= 0.3 is 0 Å². The van der Waals surface area contributed by atoms with Gasteiger partial charge in [0.15, 0.2) is 5.11 Å². The van der Waals surface area contributed by atoms with Crippen LogP contribution in [0.3, 0.4) is 0 Å². The van der Waals surface area contributed by atoms with Crippen LogP contribution in [0.1, 0.15) is 16.7 Å². The third-order valence-corrected chi connectivity index (χ3v) is 3.06. The van der Waals surface area contributed by atoms with Crippen molar-refractivity contribution in [1.82, 2.24) is 5.32 Å². The van der Waals surface area contributed by atoms with Crippen LogP contribution in [-0.2, 0) is 6.54 Å². The maximum absolute atomic E-state index is 5.29. The Morgan fingerprint density at radius 2 is 1.68 bits per heavy atom. The Hall–Kier alpha value is -1.87. The molecular weight excluding hydrogens is 252 g/mol. The molecule has 0 atom stereocenters. The fourth-order valence-corrected chi connectivity index (χ4v) is 2.09. The maximum Gasteiger partial charge on any atom is 0.171 e. The first-order valence-electron chi connectivity index (χ1n) is 6.30. The zero-order valence-electron chi connectivity index (χ0n) is 11.2. The van der Waals surface area contributed by atoms with Gasteiger partial charge in [-0.2, -0.15) is 0 Å². The molecule has 0 bridgehead atoms. The third-order valence-electron chi connectivity index (χ3n) is 2.81. The van der Waals surface area contributed by atoms with E-state index in [0.717, 1.165) is 12.2 Å². The summed E-state index contributed by atoms with van der Waals surface area (Å²) in [6, 6.07) is 16.6. The van der Waals surface area contributed by atoms with Gasteiger partial charge in [0.05, 0.1) is 0 Å². The van der Waals surface area contributed by atoms with Gasteiger partial charge in [0.25, 0.3) is 0 Å². The average Bonchev–Trinajstić information content (AvgIpc) is 2.36. The van der Waals surface area contributed by atoms with E-state index in [-0.39, 0.29) is 0 Å². The second kappa shape index (κ2) is 6.34. The largest absolute Gasteiger partial charge is 0.358 e. The Morgan fingerprint density at radius 3 is 2.37 bits per heavy atom. The van der Waals surface area contributed by atoms with Crippen molar-refractivity contribution >= 4 is 23.0 Å². The van der Waals surface area contributed by atoms with E-state index >= 15 is 0 Å². The molecule has 0 aromatic heterocycles. The van der Waals surface area contributed by atoms with E-state index in [2.05, 4.69) is 60.9 Å². The lowest BCUT2D eigenvalue weighted by Gasteiger charge is -2.11. The lowest BCUT2D eigenvalue weighted by atomic mass is 10.1. The minimum Gasteiger partial charge on any atom is -0.358 e. The number of aryl methyl sites for hydroxylation is 2. The van der Waals surface area contributed by atoms with E-state index < -0.39 is 0 Å². The smallest absolute Gasteiger partial charge is 0.171 e. The van der Waals surface area contributed by atoms with Gasteiger partial charge in [-0.3, -0.25) is 0 Å². The van der Waals surface area contributed by atoms with Gasteiger partial charge in [-0.05, 0) is 49.3 Å². The van der Waals surface area contributed by atoms with Crippen molar-refractivity contribution in [3.05, 3.63) is 65.2 Å². The van der Waals surface area contributed by atoms with Crippen LogP contribution in [0.4, 0.5) is 5.69 Å². The van der Waals surface area contributed by atoms with Crippen molar-refractivity contribution in [1.29, 1.82) is 0 Å². The van der Waals surface area contributed by atoms with Crippen LogP contribution < -0.4 is 10.6 Å². The number of nitrogens with one attached hydrogen (secondary N) is 2. The summed E-state index contributed by atoms with van der Waals surface area (Å²) in [5.41, 5.74) is 4.72. The molecule has 2 aromatic rings. The molecule has 0 heterocycles. The van der Waals surface area contributed by atoms with Crippen LogP contribution in [0, 0.1) is 13.8 Å². The Labute approximate surface area is 119 Å². The lowest BCUT2D eigenvalue weighted by Crippen LogP contribution is -2.27. The first-order chi connectivity index (χ1) is 9.13. The van der Waals surface area contributed by atoms with Crippen molar-refractivity contribution < 1.29 is 0 Å². The summed E-state index contributed by atoms with van der Waals surface area (Å²) in [5.74, 6) is 0. The highest BCUT2D eigenvalue weighted by molar-refractivity contribution is 7.80. The molecule has 98 valence electrons. The highest BCUT2D eigenvalue weighted by atomic mass is 32.1. The second-order valence-electron chi connectivity index (χ2n) is 4.67. The van der Waals surface area contributed by atoms with Gasteiger partial charge in [0.2, 0.25) is 0 Å². The fourth-order valence-electron chi connectivity index (χ4n) is 1.90. The van der Waals surface area contributed by atoms with E-state index in [1.807, 2.05) is 12.1 Å². The van der Waals surface area contributed by atoms with Gasteiger partial charge in [0.1, 0.15) is 0 Å². The zero-order valence-corrected chi connectivity index (χ0v) is 12.1. The molecule has 3 heteroatoms. The van der Waals surface area contributed by atoms with Crippen LogP contribution in [0.15, 0.2) is 48.5 Å². The van der Waals surface area contributed by atoms with Crippen molar-refractivity contribution in [2.75, 3.05) is 5.32 Å². The maximum atomic E-state index is 5.29. The van der Waals surface area contributed by atoms with Crippen molar-refractivity contribution in [2.45, 2.75) is 20.4 Å². The van der Waals surface area contributed by atoms with E-state index in [0.29, 0.717) is 5.11 Å². The highest BCUT2D eigenvalue weighted by Gasteiger charge is 1.98. The molecule has 0 unspecified atom stereocenters. The number of thiocarbonyl (C=S) groups is 1. The lowest BCUT2D eigenvalue weighted by molar-refractivity contribution is 0.924. The van der Waals surface area contributed by atoms with Crippen molar-refractivity contribution in [3.8, 4) is 0 Å². The van der Waals surface area contributed by atoms with Gasteiger partial charge < -0.3 is 10.6 Å². The number of anilines is 1. The Kier molecular flexibility index (Phi) is 4.53. The number of hydrogen-bond acceptors (Lipinski definition) is 1. The Balaban J connectivity index is 1.88. The Bertz CT molecular complexity index is 578. The quantitative estimate of drug-likeness (QED) is 0.830. The number of benzene rings is 2. The molecule has 0 amide bonds. The van der Waals surface area contributed by atoms with E-state index in [4.69, 9.17) is 12.2 Å². The fraction of sp³-hybridized carbons (Fsp3) is 0.188. The highest BCUT2D eigenvalue weighted by Crippen LogP contribution is 2.09. The van der Waals surface area contributed by atoms with Crippen molar-refractivity contribution in [3.63, 3.8) is 0 Å². The molecule has 2 N–H and O–H groups in total. The molecule has 0 fully saturated rings. The summed E-state index contributed by atoms with van der Waals surface area (Å²) >= 11 is 5.29. The predicted molar refractivity (Wildman–Crippen MR) is 85.4 cm³/mol. The molecule has 0 radical (unpaired) electrons. The SMILES string of the molecule is Cc1cccc(CNC(=S)Nc2cccc(C)c2)c1. The normalized spacial score (nSPS) is 10.0. The Morgan fingerprint density at radius 1 is 1.00 bits per heavy atom. The summed E-state index contributed by atoms with van der Waals surface area (Å²) < 4.78 is 0. The molecule has 2 aromatic carbocycles. The topological polar surface area (TPSA) is 24.1 Å². The summed E-state index contributed by atoms with van der Waals surface area (Å²) in [5, 5.41) is 7.05. The minimum atomic E-state index is 0.645. The van der Waals surface area contributed by atoms with E-state index in [1.54, 1.807) is 0 Å². The van der Waals surface area contributed by atoms with Gasteiger partial charge in [0, 0.05) is 12.2 Å². The first-order valence-corrected chi connectivity index (χ1v) is 6.71. The van der Waals surface area contributed by atoms with Gasteiger partial charge in [-0.15, -0.1) is 0 Å². The van der Waals surface area contributed by atoms with Gasteiger partial charge in [-0.1, -0.05) is 42.0 Å². The molecule has 0 aliphatic carbocycles. The first kappa shape index (κ1) is 13.6. The molecule has 2 rings (SSSR count). The van der Waals surface area contributed by atoms with Crippen LogP contribution in [0.25, 0.3) is 0 Å². The zero-order chi connectivity index (χ0) is 13.7. The van der Waals surface area contributed by atoms with Crippen LogP contribution in [0.2, 0.25) is 0 Å². The average molecular weight is 270 g/mol. The van der Waals surface area contributed by atoms with E-state index in [9.17, 15) is 0 Å². The number of hydrogen-bond donors (Lipinski definition) is 2. The molecule has 0 aliphatic rings. The number of rotatable bonds is 3. The molecule has 0 spiro atoms. The summed E-state index contributed by atoms with van der Waals surface area (Å²) in [4.78, 5) is 0. The molecule has 0 aliphatic heterocycles. The summed E-state index contributed by atoms with van der Waals surface area (Å²) in [7, 11) is 0. The van der Waals surface area contributed by atoms with Crippen LogP contribution >= 0.6 is 12.2 Å². The van der Waals surface area contributed by atoms with Gasteiger partial charge in [-0.25, -0.2) is 0 Å². The third kappa shape index (κ3) is 4.38. The molecule has 2 nitrogen and oxygen atoms in total. The van der Waals surface area contributed by atoms with Crippen LogP contribution in [-0.4, -0.2) is 5.11 Å². The minimum absolute atomic E-state index is 0.645. The molecule has 0 saturated carbocycles. The summed E-state index contributed by atoms with van der Waals surface area (Å²) in [6.07, 6.45) is 0. The predicted octanol–water partition coefficient (Wildman–Crippen LogP) is 3.79. The van der Waals surface area contributed by atoms with Crippen molar-refractivity contribution in [2.24, 2.45) is 0 Å². The van der Waals surface area contributed by atoms with Crippen LogP contribution in [0.5, 0.6) is 0 Å². The molecule has 0 saturated heterocycles. The second-order valence-corrected chi connectivity index (χ2v) is 5.07. The summed E-state index contributed by atoms with van der Waals surface area (Å²) in [6.45, 7) is 4.89. The monoisotopic (exact) mass is 270 g/mol. The molecule has 19 heavy (non-hydrogen) atoms. The van der Waals surface area contributed by atoms with E-state index in [1.165, 1.54) is 16.7 Å². The molecular formula is C16H18N2S. The standard InChI is InChI=1S/C16H18N2S/c1-12-5-3-7-14(9-12)11-17-16(19)18-15-8-4-6-13(2)10-15/h3-10H,11H2,1-2H3,(H2,17,18,19).